The van der Waals surface area contributed by atoms with E-state index in [1.807, 2.05) is 42.5 Å². The van der Waals surface area contributed by atoms with Gasteiger partial charge in [0.2, 0.25) is 0 Å². The number of fused-ring (bicyclic) bond motifs is 1. The second-order valence-corrected chi connectivity index (χ2v) is 7.09. The van der Waals surface area contributed by atoms with Gasteiger partial charge in [0.05, 0.1) is 34.8 Å². The molecule has 0 saturated heterocycles. The summed E-state index contributed by atoms with van der Waals surface area (Å²) in [5.41, 5.74) is 10.2. The first-order valence-electron chi connectivity index (χ1n) is 9.02. The molecule has 146 valence electrons. The average molecular weight is 404 g/mol. The number of methoxy groups -OCH3 is 1. The maximum atomic E-state index is 12.5. The summed E-state index contributed by atoms with van der Waals surface area (Å²) in [5.74, 6) is 1.26. The summed E-state index contributed by atoms with van der Waals surface area (Å²) >= 11 is 4.71. The number of H-pyrrole nitrogens is 1. The first-order chi connectivity index (χ1) is 14.0. The van der Waals surface area contributed by atoms with Gasteiger partial charge in [-0.1, -0.05) is 24.3 Å². The Morgan fingerprint density at radius 2 is 1.90 bits per heavy atom. The molecular weight excluding hydrogens is 384 g/mol. The van der Waals surface area contributed by atoms with Crippen LogP contribution in [-0.4, -0.2) is 23.0 Å². The summed E-state index contributed by atoms with van der Waals surface area (Å²) in [5, 5.41) is 2.57. The van der Waals surface area contributed by atoms with Crippen LogP contribution in [-0.2, 0) is 0 Å². The number of amides is 1. The van der Waals surface area contributed by atoms with Crippen molar-refractivity contribution in [3.63, 3.8) is 0 Å². The molecule has 6 nitrogen and oxygen atoms in total. The molecule has 1 unspecified atom stereocenters. The van der Waals surface area contributed by atoms with Gasteiger partial charge in [-0.3, -0.25) is 4.79 Å². The summed E-state index contributed by atoms with van der Waals surface area (Å²) < 4.78 is 5.24. The molecule has 0 radical (unpaired) electrons. The van der Waals surface area contributed by atoms with Gasteiger partial charge in [-0.25, -0.2) is 4.98 Å². The predicted molar refractivity (Wildman–Crippen MR) is 119 cm³/mol. The van der Waals surface area contributed by atoms with Gasteiger partial charge in [0, 0.05) is 11.6 Å². The van der Waals surface area contributed by atoms with Crippen LogP contribution >= 0.6 is 12.6 Å². The van der Waals surface area contributed by atoms with E-state index < -0.39 is 0 Å². The fourth-order valence-corrected chi connectivity index (χ4v) is 3.34. The molecule has 4 aromatic rings. The number of imidazole rings is 1. The molecule has 1 atom stereocenters. The van der Waals surface area contributed by atoms with Gasteiger partial charge in [0.25, 0.3) is 5.91 Å². The van der Waals surface area contributed by atoms with Gasteiger partial charge in [0.15, 0.2) is 0 Å². The third kappa shape index (κ3) is 3.90. The largest absolute Gasteiger partial charge is 0.497 e. The van der Waals surface area contributed by atoms with E-state index in [4.69, 9.17) is 23.1 Å². The summed E-state index contributed by atoms with van der Waals surface area (Å²) in [6.45, 7) is 0. The van der Waals surface area contributed by atoms with Gasteiger partial charge >= 0.3 is 0 Å². The van der Waals surface area contributed by atoms with Crippen LogP contribution in [0.2, 0.25) is 0 Å². The number of hydrogen-bond donors (Lipinski definition) is 4. The molecule has 0 aliphatic heterocycles. The first kappa shape index (κ1) is 18.9. The number of carbonyl (C=O) groups excluding carboxylic acids is 1. The number of para-hydroxylation sites is 2. The normalized spacial score (nSPS) is 11.9. The Morgan fingerprint density at radius 3 is 2.62 bits per heavy atom. The number of nitrogens with one attached hydrogen (secondary N) is 2. The Morgan fingerprint density at radius 1 is 1.14 bits per heavy atom. The van der Waals surface area contributed by atoms with Crippen molar-refractivity contribution >= 4 is 40.9 Å². The lowest BCUT2D eigenvalue weighted by atomic mass is 10.1. The minimum absolute atomic E-state index is 0.221. The Hall–Kier alpha value is -3.45. The van der Waals surface area contributed by atoms with E-state index in [1.54, 1.807) is 31.4 Å². The lowest BCUT2D eigenvalue weighted by molar-refractivity contribution is 0.102. The van der Waals surface area contributed by atoms with Gasteiger partial charge < -0.3 is 20.8 Å². The smallest absolute Gasteiger partial charge is 0.255 e. The van der Waals surface area contributed by atoms with Crippen LogP contribution in [0.1, 0.15) is 27.0 Å². The second kappa shape index (κ2) is 7.89. The standard InChI is InChI=1S/C22H20N4O2S/c1-28-15-10-11-18-19(12-15)25-21(24-18)20(29)13-6-8-14(9-7-13)22(27)26-17-5-3-2-4-16(17)23/h2-12,20,29H,23H2,1H3,(H,24,25)(H,26,27). The molecule has 0 saturated carbocycles. The molecule has 0 aliphatic carbocycles. The molecule has 0 spiro atoms. The maximum Gasteiger partial charge on any atom is 0.255 e. The highest BCUT2D eigenvalue weighted by Gasteiger charge is 2.16. The van der Waals surface area contributed by atoms with E-state index >= 15 is 0 Å². The number of nitrogens with zero attached hydrogens (tertiary/aromatic N) is 1. The fraction of sp³-hybridized carbons (Fsp3) is 0.0909. The zero-order valence-electron chi connectivity index (χ0n) is 15.7. The van der Waals surface area contributed by atoms with Crippen molar-refractivity contribution in [1.82, 2.24) is 9.97 Å². The topological polar surface area (TPSA) is 93.0 Å². The van der Waals surface area contributed by atoms with Crippen molar-refractivity contribution in [2.24, 2.45) is 0 Å². The van der Waals surface area contributed by atoms with Crippen molar-refractivity contribution in [1.29, 1.82) is 0 Å². The third-order valence-corrected chi connectivity index (χ3v) is 5.21. The Bertz CT molecular complexity index is 1170. The van der Waals surface area contributed by atoms with Gasteiger partial charge in [-0.05, 0) is 42.0 Å². The number of aromatic nitrogens is 2. The van der Waals surface area contributed by atoms with E-state index in [1.165, 1.54) is 0 Å². The lowest BCUT2D eigenvalue weighted by Crippen LogP contribution is -2.13. The Labute approximate surface area is 173 Å². The number of anilines is 2. The summed E-state index contributed by atoms with van der Waals surface area (Å²) in [4.78, 5) is 20.4. The van der Waals surface area contributed by atoms with Gasteiger partial charge in [0.1, 0.15) is 11.6 Å². The van der Waals surface area contributed by atoms with E-state index in [0.717, 1.165) is 28.2 Å². The van der Waals surface area contributed by atoms with E-state index in [2.05, 4.69) is 15.3 Å². The lowest BCUT2D eigenvalue weighted by Gasteiger charge is -2.10. The Balaban J connectivity index is 1.52. The number of thiol groups is 1. The molecular formula is C22H20N4O2S. The van der Waals surface area contributed by atoms with Crippen LogP contribution in [0.3, 0.4) is 0 Å². The zero-order valence-corrected chi connectivity index (χ0v) is 16.6. The minimum Gasteiger partial charge on any atom is -0.497 e. The molecule has 4 rings (SSSR count). The average Bonchev–Trinajstić information content (AvgIpc) is 3.18. The highest BCUT2D eigenvalue weighted by molar-refractivity contribution is 7.80. The molecule has 0 aliphatic rings. The van der Waals surface area contributed by atoms with E-state index in [-0.39, 0.29) is 11.2 Å². The molecule has 29 heavy (non-hydrogen) atoms. The number of nitrogens with two attached hydrogens (primary N) is 1. The number of aromatic amines is 1. The number of nitrogen functional groups attached to an aromatic ring is 1. The first-order valence-corrected chi connectivity index (χ1v) is 9.54. The van der Waals surface area contributed by atoms with E-state index in [9.17, 15) is 4.79 Å². The summed E-state index contributed by atoms with van der Waals surface area (Å²) in [6.07, 6.45) is 0. The molecule has 3 aromatic carbocycles. The van der Waals surface area contributed by atoms with Crippen molar-refractivity contribution < 1.29 is 9.53 Å². The molecule has 0 bridgehead atoms. The van der Waals surface area contributed by atoms with Crippen molar-refractivity contribution in [3.05, 3.63) is 83.7 Å². The monoisotopic (exact) mass is 404 g/mol. The zero-order chi connectivity index (χ0) is 20.4. The summed E-state index contributed by atoms with van der Waals surface area (Å²) in [6, 6.07) is 20.1. The fourth-order valence-electron chi connectivity index (χ4n) is 3.04. The minimum atomic E-state index is -0.254. The van der Waals surface area contributed by atoms with Crippen LogP contribution in [0.5, 0.6) is 5.75 Å². The maximum absolute atomic E-state index is 12.5. The van der Waals surface area contributed by atoms with Crippen molar-refractivity contribution in [2.45, 2.75) is 5.25 Å². The number of hydrogen-bond acceptors (Lipinski definition) is 5. The predicted octanol–water partition coefficient (Wildman–Crippen LogP) is 4.43. The second-order valence-electron chi connectivity index (χ2n) is 6.57. The van der Waals surface area contributed by atoms with Crippen LogP contribution in [0.15, 0.2) is 66.7 Å². The third-order valence-electron chi connectivity index (χ3n) is 4.67. The summed E-state index contributed by atoms with van der Waals surface area (Å²) in [7, 11) is 1.62. The van der Waals surface area contributed by atoms with Crippen LogP contribution in [0, 0.1) is 0 Å². The highest BCUT2D eigenvalue weighted by Crippen LogP contribution is 2.29. The molecule has 1 heterocycles. The quantitative estimate of drug-likeness (QED) is 0.293. The number of carbonyl (C=O) groups is 1. The van der Waals surface area contributed by atoms with Crippen LogP contribution in [0.25, 0.3) is 11.0 Å². The van der Waals surface area contributed by atoms with Crippen molar-refractivity contribution in [2.75, 3.05) is 18.2 Å². The SMILES string of the molecule is COc1ccc2[nH]c(C(S)c3ccc(C(=O)Nc4ccccc4N)cc3)nc2c1. The van der Waals surface area contributed by atoms with Crippen LogP contribution in [0.4, 0.5) is 11.4 Å². The van der Waals surface area contributed by atoms with Crippen molar-refractivity contribution in [3.8, 4) is 5.75 Å². The number of benzene rings is 3. The molecule has 1 amide bonds. The van der Waals surface area contributed by atoms with Gasteiger partial charge in [-0.2, -0.15) is 12.6 Å². The number of ether oxygens (including phenoxy) is 1. The van der Waals surface area contributed by atoms with Crippen LogP contribution < -0.4 is 15.8 Å². The molecule has 0 fully saturated rings. The molecule has 4 N–H and O–H groups in total. The molecule has 7 heteroatoms. The highest BCUT2D eigenvalue weighted by atomic mass is 32.1. The number of rotatable bonds is 5. The Kier molecular flexibility index (Phi) is 5.14. The van der Waals surface area contributed by atoms with Gasteiger partial charge in [-0.15, -0.1) is 0 Å². The molecule has 1 aromatic heterocycles. The van der Waals surface area contributed by atoms with E-state index in [0.29, 0.717) is 16.9 Å².